The van der Waals surface area contributed by atoms with Crippen molar-refractivity contribution in [2.24, 2.45) is 5.92 Å². The van der Waals surface area contributed by atoms with E-state index in [1.165, 1.54) is 0 Å². The summed E-state index contributed by atoms with van der Waals surface area (Å²) in [4.78, 5) is 38.5. The molecule has 2 heterocycles. The monoisotopic (exact) mass is 302 g/mol. The van der Waals surface area contributed by atoms with Crippen LogP contribution in [0.3, 0.4) is 0 Å². The summed E-state index contributed by atoms with van der Waals surface area (Å²) in [7, 11) is 1.71. The molecule has 1 aromatic rings. The SMILES string of the molecule is CN1CC(C(=O)N2CCc3ccc(C(=O)O)cc3C2)CC1=O. The van der Waals surface area contributed by atoms with Gasteiger partial charge in [0.1, 0.15) is 0 Å². The number of hydrogen-bond acceptors (Lipinski definition) is 3. The predicted molar refractivity (Wildman–Crippen MR) is 78.3 cm³/mol. The van der Waals surface area contributed by atoms with Crippen molar-refractivity contribution in [3.8, 4) is 0 Å². The van der Waals surface area contributed by atoms with Crippen molar-refractivity contribution in [3.05, 3.63) is 34.9 Å². The average Bonchev–Trinajstić information content (AvgIpc) is 2.84. The quantitative estimate of drug-likeness (QED) is 0.874. The number of carbonyl (C=O) groups is 3. The van der Waals surface area contributed by atoms with Gasteiger partial charge in [-0.2, -0.15) is 0 Å². The van der Waals surface area contributed by atoms with Gasteiger partial charge in [-0.25, -0.2) is 4.79 Å². The maximum atomic E-state index is 12.6. The van der Waals surface area contributed by atoms with Crippen LogP contribution in [0.5, 0.6) is 0 Å². The third-order valence-electron chi connectivity index (χ3n) is 4.47. The van der Waals surface area contributed by atoms with Crippen LogP contribution >= 0.6 is 0 Å². The second kappa shape index (κ2) is 5.44. The molecule has 0 bridgehead atoms. The maximum absolute atomic E-state index is 12.6. The molecule has 0 aromatic heterocycles. The molecule has 1 fully saturated rings. The molecule has 2 amide bonds. The number of benzene rings is 1. The van der Waals surface area contributed by atoms with Gasteiger partial charge in [-0.3, -0.25) is 9.59 Å². The molecule has 0 aliphatic carbocycles. The molecule has 0 spiro atoms. The second-order valence-electron chi connectivity index (χ2n) is 5.97. The molecule has 2 aliphatic heterocycles. The number of nitrogens with zero attached hydrogens (tertiary/aromatic N) is 2. The minimum Gasteiger partial charge on any atom is -0.478 e. The van der Waals surface area contributed by atoms with Gasteiger partial charge in [-0.1, -0.05) is 6.07 Å². The first-order valence-electron chi connectivity index (χ1n) is 7.33. The third kappa shape index (κ3) is 2.56. The van der Waals surface area contributed by atoms with E-state index in [9.17, 15) is 14.4 Å². The van der Waals surface area contributed by atoms with Crippen LogP contribution in [0.4, 0.5) is 0 Å². The van der Waals surface area contributed by atoms with E-state index < -0.39 is 5.97 Å². The van der Waals surface area contributed by atoms with Crippen molar-refractivity contribution in [1.82, 2.24) is 9.80 Å². The Morgan fingerprint density at radius 2 is 2.05 bits per heavy atom. The molecule has 1 N–H and O–H groups in total. The highest BCUT2D eigenvalue weighted by atomic mass is 16.4. The fraction of sp³-hybridized carbons (Fsp3) is 0.438. The lowest BCUT2D eigenvalue weighted by atomic mass is 9.96. The van der Waals surface area contributed by atoms with Crippen LogP contribution in [-0.4, -0.2) is 52.8 Å². The molecule has 3 rings (SSSR count). The Morgan fingerprint density at radius 3 is 2.68 bits per heavy atom. The molecular weight excluding hydrogens is 284 g/mol. The van der Waals surface area contributed by atoms with Gasteiger partial charge in [0.15, 0.2) is 0 Å². The van der Waals surface area contributed by atoms with Crippen LogP contribution in [0.1, 0.15) is 27.9 Å². The maximum Gasteiger partial charge on any atom is 0.335 e. The lowest BCUT2D eigenvalue weighted by Gasteiger charge is -2.31. The van der Waals surface area contributed by atoms with E-state index in [0.29, 0.717) is 19.6 Å². The van der Waals surface area contributed by atoms with Gasteiger partial charge in [0.25, 0.3) is 0 Å². The smallest absolute Gasteiger partial charge is 0.335 e. The Balaban J connectivity index is 1.76. The van der Waals surface area contributed by atoms with E-state index in [1.54, 1.807) is 29.0 Å². The molecule has 2 aliphatic rings. The summed E-state index contributed by atoms with van der Waals surface area (Å²) in [6.45, 7) is 1.51. The lowest BCUT2D eigenvalue weighted by Crippen LogP contribution is -2.40. The Labute approximate surface area is 128 Å². The topological polar surface area (TPSA) is 77.9 Å². The standard InChI is InChI=1S/C16H18N2O4/c1-17-8-13(7-14(17)19)15(20)18-5-4-10-2-3-11(16(21)22)6-12(10)9-18/h2-3,6,13H,4-5,7-9H2,1H3,(H,21,22). The van der Waals surface area contributed by atoms with Crippen LogP contribution in [-0.2, 0) is 22.6 Å². The highest BCUT2D eigenvalue weighted by Crippen LogP contribution is 2.25. The van der Waals surface area contributed by atoms with Gasteiger partial charge < -0.3 is 14.9 Å². The molecule has 116 valence electrons. The van der Waals surface area contributed by atoms with Crippen LogP contribution < -0.4 is 0 Å². The summed E-state index contributed by atoms with van der Waals surface area (Å²) in [6.07, 6.45) is 0.991. The summed E-state index contributed by atoms with van der Waals surface area (Å²) in [5.41, 5.74) is 2.22. The van der Waals surface area contributed by atoms with Crippen LogP contribution in [0.2, 0.25) is 0 Å². The summed E-state index contributed by atoms with van der Waals surface area (Å²) in [5, 5.41) is 9.07. The molecule has 1 atom stereocenters. The zero-order valence-electron chi connectivity index (χ0n) is 12.4. The highest BCUT2D eigenvalue weighted by Gasteiger charge is 2.35. The van der Waals surface area contributed by atoms with Gasteiger partial charge in [-0.15, -0.1) is 0 Å². The Bertz CT molecular complexity index is 656. The van der Waals surface area contributed by atoms with Crippen LogP contribution in [0, 0.1) is 5.92 Å². The number of carboxylic acids is 1. The Hall–Kier alpha value is -2.37. The average molecular weight is 302 g/mol. The van der Waals surface area contributed by atoms with Gasteiger partial charge >= 0.3 is 5.97 Å². The van der Waals surface area contributed by atoms with E-state index in [1.807, 2.05) is 6.07 Å². The van der Waals surface area contributed by atoms with Crippen molar-refractivity contribution in [2.45, 2.75) is 19.4 Å². The number of carboxylic acid groups (broad SMARTS) is 1. The minimum atomic E-state index is -0.964. The van der Waals surface area contributed by atoms with Gasteiger partial charge in [0.05, 0.1) is 11.5 Å². The molecule has 0 saturated carbocycles. The Morgan fingerprint density at radius 1 is 1.27 bits per heavy atom. The number of likely N-dealkylation sites (tertiary alicyclic amines) is 1. The lowest BCUT2D eigenvalue weighted by molar-refractivity contribution is -0.136. The van der Waals surface area contributed by atoms with Crippen molar-refractivity contribution >= 4 is 17.8 Å². The highest BCUT2D eigenvalue weighted by molar-refractivity contribution is 5.90. The van der Waals surface area contributed by atoms with Crippen molar-refractivity contribution in [2.75, 3.05) is 20.1 Å². The number of rotatable bonds is 2. The molecule has 6 heteroatoms. The number of fused-ring (bicyclic) bond motifs is 1. The molecule has 6 nitrogen and oxygen atoms in total. The molecule has 1 saturated heterocycles. The van der Waals surface area contributed by atoms with E-state index in [-0.39, 0.29) is 29.7 Å². The first-order chi connectivity index (χ1) is 10.5. The van der Waals surface area contributed by atoms with Crippen LogP contribution in [0.15, 0.2) is 18.2 Å². The summed E-state index contributed by atoms with van der Waals surface area (Å²) < 4.78 is 0. The molecule has 1 unspecified atom stereocenters. The van der Waals surface area contributed by atoms with Crippen LogP contribution in [0.25, 0.3) is 0 Å². The van der Waals surface area contributed by atoms with E-state index in [4.69, 9.17) is 5.11 Å². The first-order valence-corrected chi connectivity index (χ1v) is 7.33. The predicted octanol–water partition coefficient (Wildman–Crippen LogP) is 0.748. The fourth-order valence-corrected chi connectivity index (χ4v) is 3.17. The number of amides is 2. The van der Waals surface area contributed by atoms with E-state index in [2.05, 4.69) is 0 Å². The summed E-state index contributed by atoms with van der Waals surface area (Å²) >= 11 is 0. The second-order valence-corrected chi connectivity index (χ2v) is 5.97. The van der Waals surface area contributed by atoms with Crippen molar-refractivity contribution < 1.29 is 19.5 Å². The number of carbonyl (C=O) groups excluding carboxylic acids is 2. The minimum absolute atomic E-state index is 0.00363. The zero-order valence-corrected chi connectivity index (χ0v) is 12.4. The number of aromatic carboxylic acids is 1. The molecule has 22 heavy (non-hydrogen) atoms. The Kier molecular flexibility index (Phi) is 3.60. The first kappa shape index (κ1) is 14.6. The molecule has 0 radical (unpaired) electrons. The fourth-order valence-electron chi connectivity index (χ4n) is 3.17. The molecule has 1 aromatic carbocycles. The zero-order chi connectivity index (χ0) is 15.9. The van der Waals surface area contributed by atoms with E-state index >= 15 is 0 Å². The largest absolute Gasteiger partial charge is 0.478 e. The van der Waals surface area contributed by atoms with Gasteiger partial charge in [-0.05, 0) is 29.7 Å². The third-order valence-corrected chi connectivity index (χ3v) is 4.47. The number of hydrogen-bond donors (Lipinski definition) is 1. The van der Waals surface area contributed by atoms with E-state index in [0.717, 1.165) is 17.5 Å². The normalized spacial score (nSPS) is 21.0. The summed E-state index contributed by atoms with van der Waals surface area (Å²) in [5.74, 6) is -1.25. The molecular formula is C16H18N2O4. The van der Waals surface area contributed by atoms with Crippen molar-refractivity contribution in [3.63, 3.8) is 0 Å². The van der Waals surface area contributed by atoms with Crippen molar-refractivity contribution in [1.29, 1.82) is 0 Å². The van der Waals surface area contributed by atoms with Gasteiger partial charge in [0, 0.05) is 33.1 Å². The van der Waals surface area contributed by atoms with Gasteiger partial charge in [0.2, 0.25) is 11.8 Å². The summed E-state index contributed by atoms with van der Waals surface area (Å²) in [6, 6.07) is 5.07.